The number of carbonyl (C=O) groups excluding carboxylic acids is 4. The number of aromatic nitrogens is 2. The fourth-order valence-electron chi connectivity index (χ4n) is 5.53. The minimum atomic E-state index is -1.46. The van der Waals surface area contributed by atoms with E-state index >= 15 is 0 Å². The van der Waals surface area contributed by atoms with Crippen molar-refractivity contribution in [2.75, 3.05) is 26.2 Å². The molecule has 14 nitrogen and oxygen atoms in total. The predicted octanol–water partition coefficient (Wildman–Crippen LogP) is 0.960. The zero-order chi connectivity index (χ0) is 36.4. The number of aldehydes is 1. The van der Waals surface area contributed by atoms with Crippen molar-refractivity contribution in [3.63, 3.8) is 0 Å². The fourth-order valence-corrected chi connectivity index (χ4v) is 5.71. The van der Waals surface area contributed by atoms with E-state index in [-0.39, 0.29) is 42.4 Å². The van der Waals surface area contributed by atoms with E-state index in [0.29, 0.717) is 74.9 Å². The Morgan fingerprint density at radius 3 is 2.29 bits per heavy atom. The van der Waals surface area contributed by atoms with Crippen molar-refractivity contribution < 1.29 is 19.2 Å². The van der Waals surface area contributed by atoms with Gasteiger partial charge in [-0.3, -0.25) is 19.8 Å². The van der Waals surface area contributed by atoms with Crippen LogP contribution in [0, 0.1) is 16.1 Å². The number of likely N-dealkylation sites (N-methyl/N-ethyl adjacent to an activating group) is 1. The number of carbonyl (C=O) groups is 4. The molecule has 0 spiro atoms. The van der Waals surface area contributed by atoms with Crippen molar-refractivity contribution in [3.8, 4) is 0 Å². The molecule has 0 saturated heterocycles. The Morgan fingerprint density at radius 2 is 1.71 bits per heavy atom. The molecular formula is C34H56N10O4S. The maximum atomic E-state index is 13.9. The van der Waals surface area contributed by atoms with Crippen molar-refractivity contribution in [1.29, 1.82) is 5.41 Å². The zero-order valence-corrected chi connectivity index (χ0v) is 30.1. The molecular weight excluding hydrogens is 645 g/mol. The van der Waals surface area contributed by atoms with Crippen LogP contribution in [0.5, 0.6) is 0 Å². The number of H-pyrrole nitrogens is 1. The summed E-state index contributed by atoms with van der Waals surface area (Å²) in [6.45, 7) is 6.79. The molecule has 2 amide bonds. The number of nitrogens with two attached hydrogens (primary N) is 2. The monoisotopic (exact) mass is 700 g/mol. The van der Waals surface area contributed by atoms with E-state index in [2.05, 4.69) is 31.6 Å². The number of nitrogens with one attached hydrogen (secondary N) is 7. The van der Waals surface area contributed by atoms with Gasteiger partial charge in [-0.05, 0) is 63.0 Å². The van der Waals surface area contributed by atoms with Crippen LogP contribution in [-0.4, -0.2) is 89.2 Å². The average Bonchev–Trinajstić information content (AvgIpc) is 3.38. The first-order valence-electron chi connectivity index (χ1n) is 17.0. The molecule has 272 valence electrons. The van der Waals surface area contributed by atoms with E-state index in [1.54, 1.807) is 31.7 Å². The van der Waals surface area contributed by atoms with Gasteiger partial charge in [0, 0.05) is 44.4 Å². The van der Waals surface area contributed by atoms with Crippen molar-refractivity contribution >= 4 is 42.1 Å². The second-order valence-corrected chi connectivity index (χ2v) is 13.1. The Hall–Kier alpha value is -3.92. The van der Waals surface area contributed by atoms with Crippen LogP contribution >= 0.6 is 12.2 Å². The van der Waals surface area contributed by atoms with Gasteiger partial charge in [-0.15, -0.1) is 0 Å². The Balaban J connectivity index is 2.38. The van der Waals surface area contributed by atoms with Gasteiger partial charge in [0.2, 0.25) is 11.8 Å². The number of aromatic amines is 1. The summed E-state index contributed by atoms with van der Waals surface area (Å²) in [6, 6.07) is 7.36. The molecule has 2 rings (SSSR count). The second-order valence-electron chi connectivity index (χ2n) is 12.7. The lowest BCUT2D eigenvalue weighted by atomic mass is 9.92. The minimum absolute atomic E-state index is 0.0763. The topological polar surface area (TPSA) is 225 Å². The van der Waals surface area contributed by atoms with Gasteiger partial charge < -0.3 is 52.4 Å². The van der Waals surface area contributed by atoms with Crippen molar-refractivity contribution in [2.45, 2.75) is 89.4 Å². The van der Waals surface area contributed by atoms with Crippen LogP contribution in [0.2, 0.25) is 0 Å². The van der Waals surface area contributed by atoms with E-state index < -0.39 is 23.7 Å². The Labute approximate surface area is 294 Å². The predicted molar refractivity (Wildman–Crippen MR) is 194 cm³/mol. The first kappa shape index (κ1) is 41.3. The van der Waals surface area contributed by atoms with Gasteiger partial charge in [0.1, 0.15) is 11.8 Å². The molecule has 0 aliphatic carbocycles. The van der Waals surface area contributed by atoms with E-state index in [9.17, 15) is 19.2 Å². The quantitative estimate of drug-likeness (QED) is 0.0248. The van der Waals surface area contributed by atoms with Crippen LogP contribution in [0.3, 0.4) is 0 Å². The van der Waals surface area contributed by atoms with Crippen LogP contribution in [0.25, 0.3) is 0 Å². The van der Waals surface area contributed by atoms with Crippen LogP contribution in [0.15, 0.2) is 36.5 Å². The maximum absolute atomic E-state index is 13.9. The van der Waals surface area contributed by atoms with E-state index in [0.717, 1.165) is 5.56 Å². The van der Waals surface area contributed by atoms with Gasteiger partial charge in [-0.25, -0.2) is 0 Å². The van der Waals surface area contributed by atoms with Gasteiger partial charge in [0.25, 0.3) is 0 Å². The molecule has 2 aromatic rings. The van der Waals surface area contributed by atoms with E-state index in [4.69, 9.17) is 29.1 Å². The molecule has 0 saturated carbocycles. The van der Waals surface area contributed by atoms with E-state index in [1.807, 2.05) is 37.3 Å². The van der Waals surface area contributed by atoms with Crippen LogP contribution in [-0.2, 0) is 39.1 Å². The number of ketones is 1. The van der Waals surface area contributed by atoms with E-state index in [1.165, 1.54) is 0 Å². The highest BCUT2D eigenvalue weighted by atomic mass is 32.1. The van der Waals surface area contributed by atoms with Gasteiger partial charge in [0.15, 0.2) is 16.5 Å². The molecule has 2 unspecified atom stereocenters. The lowest BCUT2D eigenvalue weighted by Gasteiger charge is -2.33. The number of nitrogens with zero attached hydrogens (tertiary/aromatic N) is 1. The number of hydrogen-bond donors (Lipinski definition) is 9. The third-order valence-electron chi connectivity index (χ3n) is 8.38. The highest BCUT2D eigenvalue weighted by Gasteiger charge is 2.37. The number of unbranched alkanes of at least 4 members (excludes halogenated alkanes) is 1. The maximum Gasteiger partial charge on any atom is 0.237 e. The molecule has 15 heteroatoms. The molecule has 0 fully saturated rings. The van der Waals surface area contributed by atoms with Gasteiger partial charge >= 0.3 is 0 Å². The van der Waals surface area contributed by atoms with Crippen LogP contribution in [0.1, 0.15) is 64.1 Å². The largest absolute Gasteiger partial charge is 0.370 e. The van der Waals surface area contributed by atoms with Crippen molar-refractivity contribution in [3.05, 3.63) is 52.6 Å². The molecule has 11 N–H and O–H groups in total. The number of Topliss-reactive ketones (excluding diaryl/α,β-unsaturated/α-hetero) is 1. The number of hydrogen-bond acceptors (Lipinski definition) is 9. The Kier molecular flexibility index (Phi) is 17.9. The smallest absolute Gasteiger partial charge is 0.237 e. The van der Waals surface area contributed by atoms with Crippen molar-refractivity contribution in [2.24, 2.45) is 24.4 Å². The number of rotatable bonds is 24. The van der Waals surface area contributed by atoms with Gasteiger partial charge in [0.05, 0.1) is 18.1 Å². The second kappa shape index (κ2) is 21.2. The van der Waals surface area contributed by atoms with Crippen LogP contribution < -0.4 is 38.1 Å². The first-order valence-corrected chi connectivity index (χ1v) is 17.4. The molecule has 1 aromatic carbocycles. The molecule has 0 aliphatic rings. The molecule has 1 heterocycles. The van der Waals surface area contributed by atoms with Gasteiger partial charge in [-0.2, -0.15) is 0 Å². The highest BCUT2D eigenvalue weighted by molar-refractivity contribution is 7.71. The summed E-state index contributed by atoms with van der Waals surface area (Å²) in [6.07, 6.45) is 5.51. The summed E-state index contributed by atoms with van der Waals surface area (Å²) in [5.74, 6) is -1.29. The molecule has 0 bridgehead atoms. The lowest BCUT2D eigenvalue weighted by Crippen LogP contribution is -2.63. The summed E-state index contributed by atoms with van der Waals surface area (Å²) in [5, 5.41) is 22.5. The summed E-state index contributed by atoms with van der Waals surface area (Å²) >= 11 is 5.35. The normalized spacial score (nSPS) is 14.3. The summed E-state index contributed by atoms with van der Waals surface area (Å²) in [5.41, 5.74) is 11.3. The summed E-state index contributed by atoms with van der Waals surface area (Å²) < 4.78 is 2.18. The first-order chi connectivity index (χ1) is 23.4. The number of benzene rings is 1. The zero-order valence-electron chi connectivity index (χ0n) is 29.3. The number of imidazole rings is 1. The molecule has 0 radical (unpaired) electrons. The highest BCUT2D eigenvalue weighted by Crippen LogP contribution is 2.15. The number of guanidine groups is 1. The molecule has 1 aromatic heterocycles. The summed E-state index contributed by atoms with van der Waals surface area (Å²) in [7, 11) is 1.77. The standard InChI is InChI=1S/C34H56N10O4S/c1-5-38-27(15-11-17-39-32(36)37)31(48)43-34(22-45,19-25-20-40-33(49)44(25)4)21-41-26(14-9-10-16-35)30(47)42-28(29(46)23(2)3)18-24-12-7-6-8-13-24/h6-8,12-13,20,22-23,26-28,38,41H,5,9-11,14-19,21,35H2,1-4H3,(H,40,49)(H,42,47)(H,43,48)(H4,36,37,39)/t26-,27?,28-,34?/m0/s1. The minimum Gasteiger partial charge on any atom is -0.370 e. The average molecular weight is 701 g/mol. The Morgan fingerprint density at radius 1 is 1.04 bits per heavy atom. The lowest BCUT2D eigenvalue weighted by molar-refractivity contribution is -0.131. The Bertz CT molecular complexity index is 1410. The molecule has 0 aliphatic heterocycles. The van der Waals surface area contributed by atoms with Gasteiger partial charge in [-0.1, -0.05) is 57.5 Å². The molecule has 49 heavy (non-hydrogen) atoms. The molecule has 4 atom stereocenters. The summed E-state index contributed by atoms with van der Waals surface area (Å²) in [4.78, 5) is 56.9. The number of amides is 2. The van der Waals surface area contributed by atoms with Crippen molar-refractivity contribution in [1.82, 2.24) is 36.1 Å². The van der Waals surface area contributed by atoms with Crippen LogP contribution in [0.4, 0.5) is 0 Å². The SMILES string of the molecule is CCNC(CCCNC(=N)N)C(=O)NC(C=O)(CN[C@@H](CCCCN)C(=O)N[C@@H](Cc1ccccc1)C(=O)C(C)C)Cc1c[nH]c(=S)n1C. The fraction of sp³-hybridized carbons (Fsp3) is 0.588. The third-order valence-corrected chi connectivity index (χ3v) is 8.77. The third kappa shape index (κ3) is 13.8.